The van der Waals surface area contributed by atoms with E-state index in [1.165, 1.54) is 0 Å². The Balaban J connectivity index is 2.59. The second-order valence-electron chi connectivity index (χ2n) is 3.89. The number of rotatable bonds is 0. The monoisotopic (exact) mass is 232 g/mol. The molecule has 0 saturated carbocycles. The third-order valence-corrected chi connectivity index (χ3v) is 3.19. The first-order chi connectivity index (χ1) is 6.43. The van der Waals surface area contributed by atoms with Crippen LogP contribution in [-0.4, -0.2) is 10.7 Å². The van der Waals surface area contributed by atoms with Gasteiger partial charge in [-0.2, -0.15) is 0 Å². The van der Waals surface area contributed by atoms with Gasteiger partial charge in [-0.15, -0.1) is 0 Å². The van der Waals surface area contributed by atoms with Crippen LogP contribution in [-0.2, 0) is 0 Å². The largest absolute Gasteiger partial charge is 0.483 e. The number of aliphatic hydroxyl groups is 1. The van der Waals surface area contributed by atoms with Crippen molar-refractivity contribution >= 4 is 23.2 Å². The SMILES string of the molecule is CC1(C)Oc2c(ccc(Cl)c2Cl)C1O. The van der Waals surface area contributed by atoms with E-state index in [4.69, 9.17) is 27.9 Å². The van der Waals surface area contributed by atoms with Crippen LogP contribution < -0.4 is 4.74 Å². The van der Waals surface area contributed by atoms with Gasteiger partial charge in [0, 0.05) is 5.56 Å². The molecule has 0 radical (unpaired) electrons. The van der Waals surface area contributed by atoms with Gasteiger partial charge in [-0.05, 0) is 19.9 Å². The van der Waals surface area contributed by atoms with Crippen LogP contribution in [0.25, 0.3) is 0 Å². The van der Waals surface area contributed by atoms with Gasteiger partial charge >= 0.3 is 0 Å². The second-order valence-corrected chi connectivity index (χ2v) is 4.67. The van der Waals surface area contributed by atoms with Crippen molar-refractivity contribution in [3.05, 3.63) is 27.7 Å². The van der Waals surface area contributed by atoms with Crippen LogP contribution >= 0.6 is 23.2 Å². The van der Waals surface area contributed by atoms with E-state index in [1.807, 2.05) is 13.8 Å². The zero-order valence-electron chi connectivity index (χ0n) is 7.84. The smallest absolute Gasteiger partial charge is 0.146 e. The fourth-order valence-electron chi connectivity index (χ4n) is 1.56. The van der Waals surface area contributed by atoms with E-state index in [2.05, 4.69) is 0 Å². The lowest BCUT2D eigenvalue weighted by Gasteiger charge is -2.21. The summed E-state index contributed by atoms with van der Waals surface area (Å²) in [6.07, 6.45) is -0.660. The maximum atomic E-state index is 9.90. The van der Waals surface area contributed by atoms with Gasteiger partial charge in [0.25, 0.3) is 0 Å². The summed E-state index contributed by atoms with van der Waals surface area (Å²) in [4.78, 5) is 0. The molecule has 2 nitrogen and oxygen atoms in total. The Morgan fingerprint density at radius 1 is 1.36 bits per heavy atom. The minimum atomic E-state index is -0.660. The van der Waals surface area contributed by atoms with E-state index in [0.29, 0.717) is 21.4 Å². The van der Waals surface area contributed by atoms with Crippen LogP contribution in [0.1, 0.15) is 25.5 Å². The van der Waals surface area contributed by atoms with Gasteiger partial charge < -0.3 is 9.84 Å². The first-order valence-corrected chi connectivity index (χ1v) is 5.04. The molecule has 0 spiro atoms. The average molecular weight is 233 g/mol. The summed E-state index contributed by atoms with van der Waals surface area (Å²) in [7, 11) is 0. The van der Waals surface area contributed by atoms with E-state index in [9.17, 15) is 5.11 Å². The number of hydrogen-bond donors (Lipinski definition) is 1. The number of hydrogen-bond acceptors (Lipinski definition) is 2. The van der Waals surface area contributed by atoms with Crippen LogP contribution in [0.5, 0.6) is 5.75 Å². The zero-order chi connectivity index (χ0) is 10.5. The Morgan fingerprint density at radius 3 is 2.64 bits per heavy atom. The molecule has 76 valence electrons. The van der Waals surface area contributed by atoms with Crippen LogP contribution in [0.15, 0.2) is 12.1 Å². The molecule has 0 bridgehead atoms. The molecule has 0 saturated heterocycles. The van der Waals surface area contributed by atoms with E-state index >= 15 is 0 Å². The van der Waals surface area contributed by atoms with Crippen molar-refractivity contribution in [2.24, 2.45) is 0 Å². The zero-order valence-corrected chi connectivity index (χ0v) is 9.36. The van der Waals surface area contributed by atoms with Gasteiger partial charge in [0.05, 0.1) is 5.02 Å². The minimum absolute atomic E-state index is 0.369. The predicted octanol–water partition coefficient (Wildman–Crippen LogP) is 3.20. The molecule has 1 aromatic carbocycles. The third kappa shape index (κ3) is 1.29. The highest BCUT2D eigenvalue weighted by atomic mass is 35.5. The summed E-state index contributed by atoms with van der Waals surface area (Å²) in [5.41, 5.74) is 0.0563. The Kier molecular flexibility index (Phi) is 2.18. The van der Waals surface area contributed by atoms with Gasteiger partial charge in [-0.1, -0.05) is 29.3 Å². The van der Waals surface area contributed by atoms with E-state index < -0.39 is 11.7 Å². The Labute approximate surface area is 92.4 Å². The molecule has 4 heteroatoms. The summed E-state index contributed by atoms with van der Waals surface area (Å²) in [5.74, 6) is 0.497. The molecule has 1 heterocycles. The Hall–Kier alpha value is -0.440. The summed E-state index contributed by atoms with van der Waals surface area (Å²) >= 11 is 11.8. The van der Waals surface area contributed by atoms with Crippen molar-refractivity contribution < 1.29 is 9.84 Å². The number of fused-ring (bicyclic) bond motifs is 1. The molecule has 0 aromatic heterocycles. The van der Waals surface area contributed by atoms with Gasteiger partial charge in [0.15, 0.2) is 0 Å². The van der Waals surface area contributed by atoms with Gasteiger partial charge in [0.2, 0.25) is 0 Å². The average Bonchev–Trinajstić information content (AvgIpc) is 2.33. The molecule has 1 aromatic rings. The first-order valence-electron chi connectivity index (χ1n) is 4.28. The molecular formula is C10H10Cl2O2. The normalized spacial score (nSPS) is 23.1. The molecule has 1 aliphatic rings. The van der Waals surface area contributed by atoms with Crippen molar-refractivity contribution in [1.29, 1.82) is 0 Å². The maximum absolute atomic E-state index is 9.90. The summed E-state index contributed by atoms with van der Waals surface area (Å²) in [6, 6.07) is 3.40. The molecule has 0 amide bonds. The van der Waals surface area contributed by atoms with Gasteiger partial charge in [0.1, 0.15) is 22.5 Å². The van der Waals surface area contributed by atoms with Crippen LogP contribution in [0, 0.1) is 0 Å². The fourth-order valence-corrected chi connectivity index (χ4v) is 1.92. The molecule has 1 unspecified atom stereocenters. The van der Waals surface area contributed by atoms with Crippen LogP contribution in [0.4, 0.5) is 0 Å². The first kappa shape index (κ1) is 10.1. The van der Waals surface area contributed by atoms with Gasteiger partial charge in [-0.25, -0.2) is 0 Å². The highest BCUT2D eigenvalue weighted by molar-refractivity contribution is 6.43. The minimum Gasteiger partial charge on any atom is -0.483 e. The van der Waals surface area contributed by atoms with Crippen molar-refractivity contribution in [2.75, 3.05) is 0 Å². The van der Waals surface area contributed by atoms with E-state index in [-0.39, 0.29) is 0 Å². The highest BCUT2D eigenvalue weighted by Gasteiger charge is 2.41. The molecule has 14 heavy (non-hydrogen) atoms. The van der Waals surface area contributed by atoms with Crippen molar-refractivity contribution in [3.8, 4) is 5.75 Å². The van der Waals surface area contributed by atoms with Gasteiger partial charge in [-0.3, -0.25) is 0 Å². The number of benzene rings is 1. The number of aliphatic hydroxyl groups excluding tert-OH is 1. The van der Waals surface area contributed by atoms with Crippen molar-refractivity contribution in [1.82, 2.24) is 0 Å². The third-order valence-electron chi connectivity index (χ3n) is 2.40. The lowest BCUT2D eigenvalue weighted by atomic mass is 9.98. The molecule has 1 N–H and O–H groups in total. The van der Waals surface area contributed by atoms with Crippen molar-refractivity contribution in [2.45, 2.75) is 25.6 Å². The van der Waals surface area contributed by atoms with E-state index in [0.717, 1.165) is 0 Å². The Morgan fingerprint density at radius 2 is 2.00 bits per heavy atom. The van der Waals surface area contributed by atoms with E-state index in [1.54, 1.807) is 12.1 Å². The Bertz CT molecular complexity index is 388. The molecule has 0 aliphatic carbocycles. The second kappa shape index (κ2) is 3.02. The predicted molar refractivity (Wildman–Crippen MR) is 56.1 cm³/mol. The quantitative estimate of drug-likeness (QED) is 0.745. The molecule has 2 rings (SSSR count). The number of ether oxygens (including phenoxy) is 1. The van der Waals surface area contributed by atoms with Crippen molar-refractivity contribution in [3.63, 3.8) is 0 Å². The molecule has 1 aliphatic heterocycles. The molecular weight excluding hydrogens is 223 g/mol. The molecule has 0 fully saturated rings. The summed E-state index contributed by atoms with van der Waals surface area (Å²) in [5, 5.41) is 10.7. The standard InChI is InChI=1S/C10H10Cl2O2/c1-10(2)9(13)5-3-4-6(11)7(12)8(5)14-10/h3-4,9,13H,1-2H3. The highest BCUT2D eigenvalue weighted by Crippen LogP contribution is 2.48. The topological polar surface area (TPSA) is 29.5 Å². The van der Waals surface area contributed by atoms with Crippen LogP contribution in [0.3, 0.4) is 0 Å². The lowest BCUT2D eigenvalue weighted by molar-refractivity contribution is 0.000593. The fraction of sp³-hybridized carbons (Fsp3) is 0.400. The molecule has 1 atom stereocenters. The maximum Gasteiger partial charge on any atom is 0.146 e. The summed E-state index contributed by atoms with van der Waals surface area (Å²) in [6.45, 7) is 3.61. The summed E-state index contributed by atoms with van der Waals surface area (Å²) < 4.78 is 5.55. The number of halogens is 2. The van der Waals surface area contributed by atoms with Crippen LogP contribution in [0.2, 0.25) is 10.0 Å². The lowest BCUT2D eigenvalue weighted by Crippen LogP contribution is -2.29.